The molecule has 7 aromatic carbocycles. The molecule has 3 aliphatic carbocycles. The fourth-order valence-electron chi connectivity index (χ4n) is 10.7. The van der Waals surface area contributed by atoms with Gasteiger partial charge in [-0.3, -0.25) is 38.8 Å². The number of nitrogens with one attached hydrogen (secondary N) is 2. The molecule has 10 aromatic rings. The molecule has 13 rings (SSSR count). The van der Waals surface area contributed by atoms with Crippen LogP contribution in [0.4, 0.5) is 57.9 Å². The average molecular weight is 2310 g/mol. The first-order valence-electron chi connectivity index (χ1n) is 40.3. The van der Waals surface area contributed by atoms with Crippen molar-refractivity contribution in [2.75, 3.05) is 75.2 Å². The molecule has 0 unspecified atom stereocenters. The van der Waals surface area contributed by atoms with Gasteiger partial charge in [0.05, 0.1) is 115 Å². The Hall–Kier alpha value is -7.66. The highest BCUT2D eigenvalue weighted by Gasteiger charge is 2.22. The van der Waals surface area contributed by atoms with Gasteiger partial charge in [0.2, 0.25) is 29.1 Å². The minimum absolute atomic E-state index is 0.00315. The number of sulfonamides is 2. The number of carbonyl (C=O) groups is 3. The smallest absolute Gasteiger partial charge is 0.466 e. The number of nitrogens with two attached hydrogens (primary N) is 2. The maximum Gasteiger partial charge on any atom is 0.488 e. The van der Waals surface area contributed by atoms with Gasteiger partial charge in [0.1, 0.15) is 23.3 Å². The van der Waals surface area contributed by atoms with Crippen LogP contribution in [-0.2, 0) is 77.0 Å². The van der Waals surface area contributed by atoms with Crippen LogP contribution < -0.4 is 26.4 Å². The molecule has 0 amide bonds. The zero-order valence-electron chi connectivity index (χ0n) is 72.6. The first-order valence-corrected chi connectivity index (χ1v) is 53.0. The topological polar surface area (TPSA) is 337 Å². The number of rotatable bonds is 26. The Morgan fingerprint density at radius 2 is 0.910 bits per heavy atom. The van der Waals surface area contributed by atoms with Gasteiger partial charge >= 0.3 is 25.0 Å². The van der Waals surface area contributed by atoms with Gasteiger partial charge < -0.3 is 35.7 Å². The monoisotopic (exact) mass is 2310 g/mol. The molecule has 8 N–H and O–H groups in total. The third-order valence-electron chi connectivity index (χ3n) is 16.9. The van der Waals surface area contributed by atoms with Crippen LogP contribution in [0.5, 0.6) is 0 Å². The molecule has 3 heterocycles. The van der Waals surface area contributed by atoms with Crippen LogP contribution in [0.3, 0.4) is 0 Å². The van der Waals surface area contributed by atoms with E-state index in [-0.39, 0.29) is 97.2 Å². The number of benzene rings is 7. The largest absolute Gasteiger partial charge is 0.488 e. The van der Waals surface area contributed by atoms with Gasteiger partial charge in [0.15, 0.2) is 23.3 Å². The van der Waals surface area contributed by atoms with Crippen molar-refractivity contribution in [3.63, 3.8) is 0 Å². The molecule has 0 saturated carbocycles. The SMILES string of the molecule is Brc1cnc2c(c1)C=CC2.CCCS(=O)(=O)Cl.CCCS(=O)(=O)Nc1ccc(F)c(S)c1F.CCCS(=O)(=O)Nc1ccc(F)c(SCCC(=O)OCC)c1F.CCOC(=O)CCS.CCOC(=O)CCSc1c(F)ccc(N)c1F.Clc1ccc(-c2cnc3c(c2)C(I)=CC3)cc1.Clc1ccc(-c2cnc3c(c2)C=CC3)cc1.Nc1ccc(F)c(Br)c1F.OB(O)c1ccc(Cl)cc1. The number of aromatic nitrogens is 3. The number of ether oxygens (including phenoxy) is 3. The van der Waals surface area contributed by atoms with Gasteiger partial charge in [0.25, 0.3) is 0 Å². The van der Waals surface area contributed by atoms with E-state index >= 15 is 0 Å². The molecule has 0 radical (unpaired) electrons. The Labute approximate surface area is 844 Å². The maximum absolute atomic E-state index is 14.3. The first-order chi connectivity index (χ1) is 63.3. The average Bonchev–Trinajstić information content (AvgIpc) is 1.78. The van der Waals surface area contributed by atoms with E-state index in [1.54, 1.807) is 65.8 Å². The molecule has 134 heavy (non-hydrogen) atoms. The summed E-state index contributed by atoms with van der Waals surface area (Å²) in [5, 5.41) is 19.4. The lowest BCUT2D eigenvalue weighted by molar-refractivity contribution is -0.143. The van der Waals surface area contributed by atoms with Gasteiger partial charge in [-0.25, -0.2) is 60.4 Å². The van der Waals surface area contributed by atoms with Crippen molar-refractivity contribution >= 4 is 247 Å². The van der Waals surface area contributed by atoms with Gasteiger partial charge in [-0.1, -0.05) is 122 Å². The molecule has 0 spiro atoms. The molecule has 0 saturated heterocycles. The third-order valence-corrected chi connectivity index (χ3v) is 27.0. The Morgan fingerprint density at radius 1 is 0.507 bits per heavy atom. The second kappa shape index (κ2) is 61.6. The summed E-state index contributed by atoms with van der Waals surface area (Å²) in [6, 6.07) is 37.1. The zero-order valence-corrected chi connectivity index (χ0v) is 86.8. The number of fused-ring (bicyclic) bond motifs is 3. The Kier molecular flexibility index (Phi) is 54.6. The van der Waals surface area contributed by atoms with Crippen LogP contribution in [0.2, 0.25) is 15.1 Å². The van der Waals surface area contributed by atoms with Gasteiger partial charge in [-0.2, -0.15) is 12.6 Å². The van der Waals surface area contributed by atoms with Gasteiger partial charge in [0, 0.05) is 106 Å². The van der Waals surface area contributed by atoms with Crippen LogP contribution in [0.15, 0.2) is 200 Å². The van der Waals surface area contributed by atoms with Crippen LogP contribution >= 0.6 is 149 Å². The number of hydrogen-bond acceptors (Lipinski definition) is 23. The first kappa shape index (κ1) is 119. The number of esters is 3. The van der Waals surface area contributed by atoms with Crippen molar-refractivity contribution < 1.29 is 99.0 Å². The Balaban J connectivity index is 0.000000317. The molecular weight excluding hydrogens is 2220 g/mol. The summed E-state index contributed by atoms with van der Waals surface area (Å²) < 4.78 is 192. The highest BCUT2D eigenvalue weighted by atomic mass is 127. The highest BCUT2D eigenvalue weighted by Crippen LogP contribution is 2.37. The van der Waals surface area contributed by atoms with Crippen LogP contribution in [-0.4, -0.2) is 130 Å². The van der Waals surface area contributed by atoms with Crippen LogP contribution in [0, 0.1) is 46.5 Å². The summed E-state index contributed by atoms with van der Waals surface area (Å²) in [6.07, 6.45) is 21.2. The minimum atomic E-state index is -3.67. The van der Waals surface area contributed by atoms with E-state index in [1.807, 2.05) is 71.8 Å². The van der Waals surface area contributed by atoms with Gasteiger partial charge in [-0.05, 0) is 225 Å². The van der Waals surface area contributed by atoms with E-state index < -0.39 is 93.6 Å². The number of thioether (sulfide) groups is 2. The van der Waals surface area contributed by atoms with Gasteiger partial charge in [-0.15, -0.1) is 36.2 Å². The van der Waals surface area contributed by atoms with E-state index in [4.69, 9.17) is 76.5 Å². The number of thiol groups is 2. The molecule has 3 aliphatic rings. The molecule has 3 aromatic heterocycles. The van der Waals surface area contributed by atoms with Crippen molar-refractivity contribution in [3.05, 3.63) is 281 Å². The van der Waals surface area contributed by atoms with Crippen molar-refractivity contribution in [3.8, 4) is 22.3 Å². The number of halogens is 15. The highest BCUT2D eigenvalue weighted by molar-refractivity contribution is 14.1. The number of anilines is 4. The summed E-state index contributed by atoms with van der Waals surface area (Å²) in [4.78, 5) is 44.9. The zero-order chi connectivity index (χ0) is 100. The molecule has 724 valence electrons. The van der Waals surface area contributed by atoms with E-state index in [0.29, 0.717) is 55.1 Å². The fourth-order valence-corrected chi connectivity index (χ4v) is 17.9. The van der Waals surface area contributed by atoms with Crippen molar-refractivity contribution in [1.29, 1.82) is 0 Å². The predicted molar refractivity (Wildman–Crippen MR) is 547 cm³/mol. The number of nitrogens with zero attached hydrogens (tertiary/aromatic N) is 3. The number of allylic oxidation sites excluding steroid dienone is 3. The van der Waals surface area contributed by atoms with E-state index in [9.17, 15) is 74.8 Å². The normalized spacial score (nSPS) is 11.5. The summed E-state index contributed by atoms with van der Waals surface area (Å²) in [5.74, 6) is -6.76. The lowest BCUT2D eigenvalue weighted by Gasteiger charge is -2.11. The maximum atomic E-state index is 14.3. The summed E-state index contributed by atoms with van der Waals surface area (Å²) in [5.41, 5.74) is 22.0. The lowest BCUT2D eigenvalue weighted by atomic mass is 9.81. The van der Waals surface area contributed by atoms with Crippen molar-refractivity contribution in [2.45, 2.75) is 114 Å². The quantitative estimate of drug-likeness (QED) is 0.00238. The summed E-state index contributed by atoms with van der Waals surface area (Å²) in [6.45, 7) is 11.3. The molecule has 0 atom stereocenters. The lowest BCUT2D eigenvalue weighted by Crippen LogP contribution is -2.29. The second-order valence-corrected chi connectivity index (χ2v) is 41.2. The number of hydrogen-bond donors (Lipinski definition) is 8. The fraction of sp³-hybridized carbons (Fsp3) is 0.267. The van der Waals surface area contributed by atoms with E-state index in [1.165, 1.54) is 43.8 Å². The number of nitrogen functional groups attached to an aromatic ring is 2. The second-order valence-electron chi connectivity index (χ2n) is 27.3. The molecule has 0 aliphatic heterocycles. The van der Waals surface area contributed by atoms with Crippen LogP contribution in [0.25, 0.3) is 38.0 Å². The minimum Gasteiger partial charge on any atom is -0.466 e. The predicted octanol–water partition coefficient (Wildman–Crippen LogP) is 23.4. The number of pyridine rings is 3. The van der Waals surface area contributed by atoms with Crippen molar-refractivity contribution in [1.82, 2.24) is 15.0 Å². The van der Waals surface area contributed by atoms with Crippen LogP contribution in [0.1, 0.15) is 114 Å². The molecule has 0 bridgehead atoms. The van der Waals surface area contributed by atoms with Crippen molar-refractivity contribution in [2.24, 2.45) is 0 Å². The molecule has 44 heteroatoms. The Bertz CT molecular complexity index is 5970. The molecule has 0 fully saturated rings. The summed E-state index contributed by atoms with van der Waals surface area (Å²) >= 11 is 34.9. The molecule has 21 nitrogen and oxygen atoms in total. The number of carbonyl (C=O) groups excluding carboxylic acids is 3. The Morgan fingerprint density at radius 3 is 1.35 bits per heavy atom. The van der Waals surface area contributed by atoms with E-state index in [2.05, 4.69) is 153 Å². The summed E-state index contributed by atoms with van der Waals surface area (Å²) in [7, 11) is -7.06. The van der Waals surface area contributed by atoms with E-state index in [0.717, 1.165) is 122 Å². The standard InChI is InChI=1S/C14H9ClIN.C14H10ClN.C14H19F2NO4S2.C11H13F2NO2S.C9H11F2NO2S2.C8H6BrN.C6H6BClO2.C6H4BrF2N.C5H10O2S.C3H7ClO2S/c15-11-3-1-9(2-4-11)10-7-12-13(16)5-6-14(12)17-8-10;15-13-6-4-10(5-7-13)12-8-11-2-1-3-14(11)16-9-12;1-3-9-23(19,20)17-11-6-5-10(15)14(13(11)16)22-8-7-12(18)21-4-2;1-2-16-9(15)5-6-17-11-7(12)3-4-8(14)10(11)13;1-2-5-16(13,14)12-7-4-3-6(10)9(15)8(7)11;9-7-4-6-2-1-3-8(6)10-5-7;8-6-3-1-5(2-4-6)7(9)10;7-5-3(8)1-2-4(10)6(5)9;1-2-7-5(6)3-4-8;1-2-3-7(4,5)6/h1-5,7-8H,6H2;1-2,4-9H,3H2;5-6,17H,3-4,7-9H2,1-2H3;3-4H,2,5-6,14H2,1H3;3-4,12,15H,2,5H2,1H3;1-2,4-5H,3H2;1-4,9-10H;1-2H,10H2;8H,2-4H2,1H3;2-3H2,1H3. The molecular formula is C90H95BBr2Cl4F8IN7O14S7. The third kappa shape index (κ3) is 43.6.